The number of rotatable bonds is 2. The predicted octanol–water partition coefficient (Wildman–Crippen LogP) is 1.14. The third-order valence-corrected chi connectivity index (χ3v) is 4.82. The minimum atomic E-state index is -0.183. The molecule has 1 aromatic heterocycles. The summed E-state index contributed by atoms with van der Waals surface area (Å²) in [4.78, 5) is 11.9. The molecule has 0 aliphatic carbocycles. The zero-order valence-electron chi connectivity index (χ0n) is 14.7. The molecule has 1 N–H and O–H groups in total. The summed E-state index contributed by atoms with van der Waals surface area (Å²) in [5.41, 5.74) is 2.45. The van der Waals surface area contributed by atoms with E-state index >= 15 is 0 Å². The fourth-order valence-electron chi connectivity index (χ4n) is 3.55. The lowest BCUT2D eigenvalue weighted by Gasteiger charge is -2.39. The molecule has 4 rings (SSSR count). The first-order chi connectivity index (χ1) is 12.2. The number of nitrogens with one attached hydrogen (secondary N) is 1. The standard InChI is InChI=1S/C18H24N4O3/c1-13-17(21-15-4-3-14(23-2)9-16(15)20-13)22-6-8-25-12-18(10-22)11-24-7-5-19-18/h3-4,9,19H,5-8,10-12H2,1-2H3. The highest BCUT2D eigenvalue weighted by Crippen LogP contribution is 2.26. The summed E-state index contributed by atoms with van der Waals surface area (Å²) in [7, 11) is 1.66. The van der Waals surface area contributed by atoms with Gasteiger partial charge in [0.2, 0.25) is 0 Å². The number of methoxy groups -OCH3 is 1. The van der Waals surface area contributed by atoms with E-state index in [2.05, 4.69) is 10.2 Å². The van der Waals surface area contributed by atoms with Gasteiger partial charge in [-0.15, -0.1) is 0 Å². The summed E-state index contributed by atoms with van der Waals surface area (Å²) in [6.45, 7) is 7.17. The van der Waals surface area contributed by atoms with Crippen molar-refractivity contribution in [3.63, 3.8) is 0 Å². The molecule has 1 spiro atoms. The minimum Gasteiger partial charge on any atom is -0.497 e. The van der Waals surface area contributed by atoms with Crippen molar-refractivity contribution in [2.75, 3.05) is 58.1 Å². The largest absolute Gasteiger partial charge is 0.497 e. The smallest absolute Gasteiger partial charge is 0.150 e. The zero-order chi connectivity index (χ0) is 17.3. The maximum Gasteiger partial charge on any atom is 0.150 e. The molecule has 1 aromatic carbocycles. The number of anilines is 1. The van der Waals surface area contributed by atoms with E-state index in [0.29, 0.717) is 19.8 Å². The van der Waals surface area contributed by atoms with Crippen molar-refractivity contribution in [3.8, 4) is 5.75 Å². The van der Waals surface area contributed by atoms with Crippen molar-refractivity contribution in [1.29, 1.82) is 0 Å². The molecule has 0 amide bonds. The van der Waals surface area contributed by atoms with Crippen LogP contribution in [-0.4, -0.2) is 68.7 Å². The highest BCUT2D eigenvalue weighted by atomic mass is 16.5. The van der Waals surface area contributed by atoms with Crippen LogP contribution in [0.25, 0.3) is 11.0 Å². The number of ether oxygens (including phenoxy) is 3. The van der Waals surface area contributed by atoms with E-state index in [0.717, 1.165) is 54.5 Å². The van der Waals surface area contributed by atoms with Gasteiger partial charge in [-0.05, 0) is 19.1 Å². The lowest BCUT2D eigenvalue weighted by molar-refractivity contribution is -0.00962. The third-order valence-electron chi connectivity index (χ3n) is 4.82. The fraction of sp³-hybridized carbons (Fsp3) is 0.556. The maximum absolute atomic E-state index is 5.85. The number of aryl methyl sites for hydroxylation is 1. The molecule has 1 unspecified atom stereocenters. The average Bonchev–Trinajstić information content (AvgIpc) is 2.84. The number of aromatic nitrogens is 2. The Balaban J connectivity index is 1.68. The van der Waals surface area contributed by atoms with Gasteiger partial charge >= 0.3 is 0 Å². The number of fused-ring (bicyclic) bond motifs is 1. The van der Waals surface area contributed by atoms with Crippen LogP contribution in [0.15, 0.2) is 18.2 Å². The van der Waals surface area contributed by atoms with Crippen LogP contribution in [0.4, 0.5) is 5.82 Å². The van der Waals surface area contributed by atoms with Gasteiger partial charge in [-0.3, -0.25) is 0 Å². The van der Waals surface area contributed by atoms with Crippen molar-refractivity contribution in [1.82, 2.24) is 15.3 Å². The molecular weight excluding hydrogens is 320 g/mol. The Morgan fingerprint density at radius 1 is 1.16 bits per heavy atom. The van der Waals surface area contributed by atoms with Crippen LogP contribution in [0, 0.1) is 6.92 Å². The molecular formula is C18H24N4O3. The molecule has 0 bridgehead atoms. The van der Waals surface area contributed by atoms with E-state index in [1.165, 1.54) is 0 Å². The summed E-state index contributed by atoms with van der Waals surface area (Å²) < 4.78 is 16.8. The number of benzene rings is 1. The summed E-state index contributed by atoms with van der Waals surface area (Å²) >= 11 is 0. The van der Waals surface area contributed by atoms with Gasteiger partial charge in [0.05, 0.1) is 55.8 Å². The topological polar surface area (TPSA) is 68.7 Å². The average molecular weight is 344 g/mol. The first-order valence-electron chi connectivity index (χ1n) is 8.67. The summed E-state index contributed by atoms with van der Waals surface area (Å²) in [5, 5.41) is 3.59. The molecule has 2 saturated heterocycles. The van der Waals surface area contributed by atoms with Gasteiger partial charge in [-0.1, -0.05) is 0 Å². The van der Waals surface area contributed by atoms with Crippen molar-refractivity contribution in [3.05, 3.63) is 23.9 Å². The molecule has 2 aliphatic heterocycles. The normalized spacial score (nSPS) is 24.5. The molecule has 2 fully saturated rings. The summed E-state index contributed by atoms with van der Waals surface area (Å²) in [6.07, 6.45) is 0. The maximum atomic E-state index is 5.85. The van der Waals surface area contributed by atoms with Crippen LogP contribution >= 0.6 is 0 Å². The number of morpholine rings is 1. The Morgan fingerprint density at radius 3 is 2.80 bits per heavy atom. The van der Waals surface area contributed by atoms with E-state index in [1.54, 1.807) is 7.11 Å². The van der Waals surface area contributed by atoms with Gasteiger partial charge in [-0.2, -0.15) is 0 Å². The molecule has 3 heterocycles. The van der Waals surface area contributed by atoms with E-state index in [4.69, 9.17) is 24.2 Å². The number of nitrogens with zero attached hydrogens (tertiary/aromatic N) is 3. The summed E-state index contributed by atoms with van der Waals surface area (Å²) in [6, 6.07) is 5.79. The van der Waals surface area contributed by atoms with Gasteiger partial charge in [0.15, 0.2) is 5.82 Å². The second-order valence-corrected chi connectivity index (χ2v) is 6.72. The van der Waals surface area contributed by atoms with Crippen LogP contribution in [0.3, 0.4) is 0 Å². The van der Waals surface area contributed by atoms with Crippen molar-refractivity contribution in [2.45, 2.75) is 12.5 Å². The van der Waals surface area contributed by atoms with Crippen LogP contribution in [0.1, 0.15) is 5.69 Å². The lowest BCUT2D eigenvalue weighted by atomic mass is 10.00. The Bertz CT molecular complexity index is 761. The van der Waals surface area contributed by atoms with E-state index in [1.807, 2.05) is 25.1 Å². The lowest BCUT2D eigenvalue weighted by Crippen LogP contribution is -2.62. The highest BCUT2D eigenvalue weighted by Gasteiger charge is 2.37. The van der Waals surface area contributed by atoms with E-state index in [-0.39, 0.29) is 5.54 Å². The Labute approximate surface area is 147 Å². The SMILES string of the molecule is COc1ccc2nc(N3CCOCC4(COCCN4)C3)c(C)nc2c1. The van der Waals surface area contributed by atoms with Gasteiger partial charge in [-0.25, -0.2) is 9.97 Å². The van der Waals surface area contributed by atoms with Crippen molar-refractivity contribution in [2.24, 2.45) is 0 Å². The minimum absolute atomic E-state index is 0.183. The number of hydrogen-bond acceptors (Lipinski definition) is 7. The first kappa shape index (κ1) is 16.5. The van der Waals surface area contributed by atoms with Gasteiger partial charge in [0, 0.05) is 25.7 Å². The van der Waals surface area contributed by atoms with Crippen LogP contribution in [0.5, 0.6) is 5.75 Å². The molecule has 134 valence electrons. The molecule has 2 aliphatic rings. The Kier molecular flexibility index (Phi) is 4.45. The zero-order valence-corrected chi connectivity index (χ0v) is 14.7. The van der Waals surface area contributed by atoms with Crippen LogP contribution in [0.2, 0.25) is 0 Å². The van der Waals surface area contributed by atoms with Crippen molar-refractivity contribution < 1.29 is 14.2 Å². The quantitative estimate of drug-likeness (QED) is 0.876. The second-order valence-electron chi connectivity index (χ2n) is 6.72. The van der Waals surface area contributed by atoms with Crippen molar-refractivity contribution >= 4 is 16.9 Å². The van der Waals surface area contributed by atoms with E-state index in [9.17, 15) is 0 Å². The van der Waals surface area contributed by atoms with Gasteiger partial charge in [0.25, 0.3) is 0 Å². The molecule has 7 nitrogen and oxygen atoms in total. The molecule has 25 heavy (non-hydrogen) atoms. The Hall–Kier alpha value is -1.96. The predicted molar refractivity (Wildman–Crippen MR) is 95.4 cm³/mol. The van der Waals surface area contributed by atoms with E-state index < -0.39 is 0 Å². The molecule has 0 saturated carbocycles. The van der Waals surface area contributed by atoms with Crippen LogP contribution < -0.4 is 15.0 Å². The number of hydrogen-bond donors (Lipinski definition) is 1. The fourth-order valence-corrected chi connectivity index (χ4v) is 3.55. The third kappa shape index (κ3) is 3.27. The molecule has 1 atom stereocenters. The van der Waals surface area contributed by atoms with Crippen LogP contribution in [-0.2, 0) is 9.47 Å². The second kappa shape index (κ2) is 6.74. The van der Waals surface area contributed by atoms with Gasteiger partial charge < -0.3 is 24.4 Å². The molecule has 0 radical (unpaired) electrons. The highest BCUT2D eigenvalue weighted by molar-refractivity contribution is 5.78. The Morgan fingerprint density at radius 2 is 2.00 bits per heavy atom. The summed E-state index contributed by atoms with van der Waals surface area (Å²) in [5.74, 6) is 1.70. The van der Waals surface area contributed by atoms with Gasteiger partial charge in [0.1, 0.15) is 5.75 Å². The molecule has 2 aromatic rings. The first-order valence-corrected chi connectivity index (χ1v) is 8.67. The molecule has 7 heteroatoms. The monoisotopic (exact) mass is 344 g/mol.